The van der Waals surface area contributed by atoms with Gasteiger partial charge in [0.15, 0.2) is 0 Å². The fourth-order valence-electron chi connectivity index (χ4n) is 11.7. The van der Waals surface area contributed by atoms with E-state index in [0.29, 0.717) is 25.9 Å². The molecule has 0 fully saturated rings. The number of carbonyl (C=O) groups is 2. The maximum atomic E-state index is 12.5. The molecule has 0 aromatic rings. The summed E-state index contributed by atoms with van der Waals surface area (Å²) in [6.45, 7) is 5.01. The molecule has 0 rings (SSSR count). The summed E-state index contributed by atoms with van der Waals surface area (Å²) in [5.74, 6) is -0.00747. The van der Waals surface area contributed by atoms with Crippen LogP contribution in [0.4, 0.5) is 0 Å². The molecule has 0 aliphatic rings. The number of unbranched alkanes of at least 4 members (excludes halogenated alkanes) is 57. The highest BCUT2D eigenvalue weighted by molar-refractivity contribution is 5.76. The summed E-state index contributed by atoms with van der Waals surface area (Å²) < 4.78 is 5.52. The van der Waals surface area contributed by atoms with E-state index in [1.807, 2.05) is 0 Å². The molecule has 0 aliphatic heterocycles. The standard InChI is InChI=1S/C71H141NO5/c1-3-5-7-9-11-13-15-17-19-21-28-33-37-41-45-49-53-57-61-65-71(76)77-66-62-58-54-50-46-42-38-34-30-27-25-23-22-24-26-29-32-36-40-44-48-52-56-60-64-70(75)72-68(67-73)69(74)63-59-55-51-47-43-39-35-31-20-18-16-14-12-10-8-6-4-2/h68-69,73-74H,3-67H2,1-2H3,(H,72,75). The quantitative estimate of drug-likeness (QED) is 0.0417. The number of hydrogen-bond donors (Lipinski definition) is 3. The van der Waals surface area contributed by atoms with Crippen molar-refractivity contribution in [2.75, 3.05) is 13.2 Å². The molecule has 0 aromatic carbocycles. The summed E-state index contributed by atoms with van der Waals surface area (Å²) in [6, 6.07) is -0.540. The van der Waals surface area contributed by atoms with Crippen LogP contribution in [0.1, 0.15) is 418 Å². The van der Waals surface area contributed by atoms with Crippen LogP contribution in [0.2, 0.25) is 0 Å². The summed E-state index contributed by atoms with van der Waals surface area (Å²) in [5, 5.41) is 23.4. The monoisotopic (exact) mass is 1090 g/mol. The Hall–Kier alpha value is -1.14. The summed E-state index contributed by atoms with van der Waals surface area (Å²) in [4.78, 5) is 24.6. The maximum absolute atomic E-state index is 12.5. The lowest BCUT2D eigenvalue weighted by molar-refractivity contribution is -0.143. The molecule has 0 aliphatic carbocycles. The van der Waals surface area contributed by atoms with Crippen LogP contribution in [-0.4, -0.2) is 47.4 Å². The first-order chi connectivity index (χ1) is 38.0. The van der Waals surface area contributed by atoms with E-state index in [-0.39, 0.29) is 18.5 Å². The van der Waals surface area contributed by atoms with Crippen molar-refractivity contribution in [2.45, 2.75) is 431 Å². The number of amides is 1. The molecule has 77 heavy (non-hydrogen) atoms. The second kappa shape index (κ2) is 67.4. The minimum atomic E-state index is -0.663. The number of carbonyl (C=O) groups excluding carboxylic acids is 2. The minimum Gasteiger partial charge on any atom is -0.466 e. The normalized spacial score (nSPS) is 12.4. The molecular formula is C71H141NO5. The molecule has 6 nitrogen and oxygen atoms in total. The van der Waals surface area contributed by atoms with Crippen molar-refractivity contribution < 1.29 is 24.5 Å². The number of hydrogen-bond acceptors (Lipinski definition) is 5. The molecule has 3 N–H and O–H groups in total. The molecule has 0 heterocycles. The second-order valence-corrected chi connectivity index (χ2v) is 24.9. The van der Waals surface area contributed by atoms with Crippen LogP contribution >= 0.6 is 0 Å². The number of esters is 1. The molecule has 0 bridgehead atoms. The number of aliphatic hydroxyl groups excluding tert-OH is 2. The van der Waals surface area contributed by atoms with Gasteiger partial charge in [0.1, 0.15) is 0 Å². The molecular weight excluding hydrogens is 947 g/mol. The van der Waals surface area contributed by atoms with Gasteiger partial charge in [0.25, 0.3) is 0 Å². The lowest BCUT2D eigenvalue weighted by Gasteiger charge is -2.22. The third kappa shape index (κ3) is 63.9. The van der Waals surface area contributed by atoms with Gasteiger partial charge in [0.05, 0.1) is 25.4 Å². The molecule has 2 atom stereocenters. The lowest BCUT2D eigenvalue weighted by atomic mass is 10.0. The van der Waals surface area contributed by atoms with E-state index >= 15 is 0 Å². The number of nitrogens with one attached hydrogen (secondary N) is 1. The molecule has 6 heteroatoms. The predicted molar refractivity (Wildman–Crippen MR) is 338 cm³/mol. The zero-order valence-electron chi connectivity index (χ0n) is 52.7. The molecule has 1 amide bonds. The van der Waals surface area contributed by atoms with Crippen molar-refractivity contribution in [2.24, 2.45) is 0 Å². The Labute approximate surface area is 483 Å². The zero-order valence-corrected chi connectivity index (χ0v) is 52.7. The first kappa shape index (κ1) is 75.9. The van der Waals surface area contributed by atoms with Crippen molar-refractivity contribution in [3.05, 3.63) is 0 Å². The number of rotatable bonds is 68. The van der Waals surface area contributed by atoms with Gasteiger partial charge in [-0.25, -0.2) is 0 Å². The van der Waals surface area contributed by atoms with E-state index < -0.39 is 12.1 Å². The summed E-state index contributed by atoms with van der Waals surface area (Å²) in [5.41, 5.74) is 0. The Morgan fingerprint density at radius 2 is 0.532 bits per heavy atom. The lowest BCUT2D eigenvalue weighted by Crippen LogP contribution is -2.45. The fraction of sp³-hybridized carbons (Fsp3) is 0.972. The topological polar surface area (TPSA) is 95.9 Å². The van der Waals surface area contributed by atoms with E-state index in [0.717, 1.165) is 38.5 Å². The van der Waals surface area contributed by atoms with Crippen LogP contribution < -0.4 is 5.32 Å². The molecule has 0 spiro atoms. The van der Waals surface area contributed by atoms with Gasteiger partial charge in [-0.15, -0.1) is 0 Å². The Morgan fingerprint density at radius 3 is 0.792 bits per heavy atom. The molecule has 0 saturated heterocycles. The van der Waals surface area contributed by atoms with E-state index in [9.17, 15) is 19.8 Å². The van der Waals surface area contributed by atoms with Crippen LogP contribution in [0.5, 0.6) is 0 Å². The van der Waals surface area contributed by atoms with E-state index in [2.05, 4.69) is 19.2 Å². The van der Waals surface area contributed by atoms with Crippen molar-refractivity contribution in [3.8, 4) is 0 Å². The van der Waals surface area contributed by atoms with Gasteiger partial charge < -0.3 is 20.3 Å². The molecule has 0 aromatic heterocycles. The highest BCUT2D eigenvalue weighted by atomic mass is 16.5. The van der Waals surface area contributed by atoms with Gasteiger partial charge in [-0.1, -0.05) is 380 Å². The van der Waals surface area contributed by atoms with Crippen LogP contribution in [0.25, 0.3) is 0 Å². The molecule has 2 unspecified atom stereocenters. The summed E-state index contributed by atoms with van der Waals surface area (Å²) in [6.07, 6.45) is 81.5. The van der Waals surface area contributed by atoms with Crippen LogP contribution in [0.3, 0.4) is 0 Å². The van der Waals surface area contributed by atoms with Crippen molar-refractivity contribution in [1.82, 2.24) is 5.32 Å². The minimum absolute atomic E-state index is 0.0217. The summed E-state index contributed by atoms with van der Waals surface area (Å²) in [7, 11) is 0. The largest absolute Gasteiger partial charge is 0.466 e. The molecule has 0 radical (unpaired) electrons. The Bertz CT molecular complexity index is 1120. The predicted octanol–water partition coefficient (Wildman–Crippen LogP) is 23.0. The second-order valence-electron chi connectivity index (χ2n) is 24.9. The first-order valence-corrected chi connectivity index (χ1v) is 35.8. The number of aliphatic hydroxyl groups is 2. The smallest absolute Gasteiger partial charge is 0.305 e. The highest BCUT2D eigenvalue weighted by Crippen LogP contribution is 2.20. The average Bonchev–Trinajstić information content (AvgIpc) is 3.43. The fourth-order valence-corrected chi connectivity index (χ4v) is 11.7. The van der Waals surface area contributed by atoms with Gasteiger partial charge in [0, 0.05) is 12.8 Å². The Balaban J connectivity index is 3.33. The zero-order chi connectivity index (χ0) is 55.7. The Morgan fingerprint density at radius 1 is 0.312 bits per heavy atom. The average molecular weight is 1090 g/mol. The third-order valence-electron chi connectivity index (χ3n) is 17.2. The van der Waals surface area contributed by atoms with Gasteiger partial charge in [-0.05, 0) is 25.7 Å². The SMILES string of the molecule is CCCCCCCCCCCCCCCCCCCCCC(=O)OCCCCCCCCCCCCCCCCCCCCCCCCCCC(=O)NC(CO)C(O)CCCCCCCCCCCCCCCCCCC. The molecule has 460 valence electrons. The van der Waals surface area contributed by atoms with Crippen molar-refractivity contribution in [1.29, 1.82) is 0 Å². The van der Waals surface area contributed by atoms with Crippen LogP contribution in [-0.2, 0) is 14.3 Å². The van der Waals surface area contributed by atoms with Crippen LogP contribution in [0.15, 0.2) is 0 Å². The maximum Gasteiger partial charge on any atom is 0.305 e. The van der Waals surface area contributed by atoms with Gasteiger partial charge >= 0.3 is 5.97 Å². The van der Waals surface area contributed by atoms with Gasteiger partial charge in [-0.3, -0.25) is 9.59 Å². The Kier molecular flexibility index (Phi) is 66.4. The van der Waals surface area contributed by atoms with Crippen molar-refractivity contribution >= 4 is 11.9 Å². The summed E-state index contributed by atoms with van der Waals surface area (Å²) >= 11 is 0. The van der Waals surface area contributed by atoms with Crippen LogP contribution in [0, 0.1) is 0 Å². The van der Waals surface area contributed by atoms with Gasteiger partial charge in [0.2, 0.25) is 5.91 Å². The van der Waals surface area contributed by atoms with E-state index in [4.69, 9.17) is 4.74 Å². The van der Waals surface area contributed by atoms with Crippen molar-refractivity contribution in [3.63, 3.8) is 0 Å². The third-order valence-corrected chi connectivity index (χ3v) is 17.2. The van der Waals surface area contributed by atoms with E-state index in [1.165, 1.54) is 347 Å². The van der Waals surface area contributed by atoms with E-state index in [1.54, 1.807) is 0 Å². The highest BCUT2D eigenvalue weighted by Gasteiger charge is 2.20. The number of ether oxygens (including phenoxy) is 1. The first-order valence-electron chi connectivity index (χ1n) is 35.8. The molecule has 0 saturated carbocycles. The van der Waals surface area contributed by atoms with Gasteiger partial charge in [-0.2, -0.15) is 0 Å².